The first-order chi connectivity index (χ1) is 13.5. The SMILES string of the molecule is C=C1CC[C@H]2C(C)(C)CCC[C@]2(C)[C@H]1C[C@H]1O[C@@H](OC(C)=O)C/C1=C\OC(C)=O. The normalized spacial score (nSPS) is 37.8. The van der Waals surface area contributed by atoms with E-state index >= 15 is 0 Å². The summed E-state index contributed by atoms with van der Waals surface area (Å²) in [5.41, 5.74) is 2.69. The van der Waals surface area contributed by atoms with E-state index in [1.54, 1.807) is 0 Å². The molecule has 1 saturated heterocycles. The lowest BCUT2D eigenvalue weighted by molar-refractivity contribution is -0.174. The fourth-order valence-electron chi connectivity index (χ4n) is 6.31. The molecule has 0 aromatic carbocycles. The quantitative estimate of drug-likeness (QED) is 0.361. The van der Waals surface area contributed by atoms with Gasteiger partial charge in [0.2, 0.25) is 6.29 Å². The summed E-state index contributed by atoms with van der Waals surface area (Å²) in [5.74, 6) is 0.259. The van der Waals surface area contributed by atoms with Gasteiger partial charge >= 0.3 is 11.9 Å². The van der Waals surface area contributed by atoms with Crippen molar-refractivity contribution >= 4 is 11.9 Å². The molecule has 0 amide bonds. The molecule has 0 unspecified atom stereocenters. The minimum absolute atomic E-state index is 0.187. The van der Waals surface area contributed by atoms with E-state index in [4.69, 9.17) is 14.2 Å². The molecule has 5 heteroatoms. The van der Waals surface area contributed by atoms with E-state index in [2.05, 4.69) is 27.4 Å². The second-order valence-electron chi connectivity index (χ2n) is 10.1. The molecular formula is C24H36O5. The predicted octanol–water partition coefficient (Wildman–Crippen LogP) is 5.30. The molecule has 0 aromatic rings. The minimum atomic E-state index is -0.623. The van der Waals surface area contributed by atoms with Crippen molar-refractivity contribution in [1.82, 2.24) is 0 Å². The first-order valence-corrected chi connectivity index (χ1v) is 10.9. The van der Waals surface area contributed by atoms with Gasteiger partial charge in [-0.2, -0.15) is 0 Å². The number of rotatable bonds is 4. The molecule has 5 nitrogen and oxygen atoms in total. The Kier molecular flexibility index (Phi) is 6.28. The molecule has 3 fully saturated rings. The van der Waals surface area contributed by atoms with Crippen molar-refractivity contribution in [3.8, 4) is 0 Å². The van der Waals surface area contributed by atoms with Crippen LogP contribution in [0, 0.1) is 22.7 Å². The zero-order chi connectivity index (χ0) is 21.4. The highest BCUT2D eigenvalue weighted by molar-refractivity contribution is 5.67. The van der Waals surface area contributed by atoms with Crippen LogP contribution in [0.4, 0.5) is 0 Å². The van der Waals surface area contributed by atoms with Gasteiger partial charge in [0.1, 0.15) is 0 Å². The molecule has 1 heterocycles. The van der Waals surface area contributed by atoms with Gasteiger partial charge < -0.3 is 14.2 Å². The topological polar surface area (TPSA) is 61.8 Å². The monoisotopic (exact) mass is 404 g/mol. The van der Waals surface area contributed by atoms with E-state index < -0.39 is 6.29 Å². The highest BCUT2D eigenvalue weighted by Crippen LogP contribution is 2.62. The van der Waals surface area contributed by atoms with Gasteiger partial charge in [-0.05, 0) is 54.8 Å². The van der Waals surface area contributed by atoms with Gasteiger partial charge in [0, 0.05) is 25.8 Å². The molecule has 0 N–H and O–H groups in total. The van der Waals surface area contributed by atoms with Gasteiger partial charge in [0.15, 0.2) is 0 Å². The molecule has 3 rings (SSSR count). The van der Waals surface area contributed by atoms with E-state index in [0.717, 1.165) is 18.4 Å². The summed E-state index contributed by atoms with van der Waals surface area (Å²) in [6, 6.07) is 0. The molecule has 3 aliphatic rings. The predicted molar refractivity (Wildman–Crippen MR) is 111 cm³/mol. The Labute approximate surface area is 174 Å². The highest BCUT2D eigenvalue weighted by atomic mass is 16.7. The molecule has 0 radical (unpaired) electrons. The summed E-state index contributed by atoms with van der Waals surface area (Å²) >= 11 is 0. The Balaban J connectivity index is 1.84. The lowest BCUT2D eigenvalue weighted by atomic mass is 9.47. The Morgan fingerprint density at radius 3 is 2.59 bits per heavy atom. The maximum Gasteiger partial charge on any atom is 0.307 e. The molecule has 162 valence electrons. The van der Waals surface area contributed by atoms with Gasteiger partial charge in [-0.3, -0.25) is 9.59 Å². The highest BCUT2D eigenvalue weighted by Gasteiger charge is 2.53. The summed E-state index contributed by atoms with van der Waals surface area (Å²) in [7, 11) is 0. The fraction of sp³-hybridized carbons (Fsp3) is 0.750. The number of hydrogen-bond donors (Lipinski definition) is 0. The average Bonchev–Trinajstić information content (AvgIpc) is 2.96. The molecule has 2 saturated carbocycles. The number of hydrogen-bond acceptors (Lipinski definition) is 5. The van der Waals surface area contributed by atoms with Gasteiger partial charge in [-0.1, -0.05) is 39.3 Å². The molecule has 29 heavy (non-hydrogen) atoms. The van der Waals surface area contributed by atoms with Gasteiger partial charge in [0.25, 0.3) is 0 Å². The lowest BCUT2D eigenvalue weighted by Crippen LogP contribution is -2.50. The third kappa shape index (κ3) is 4.60. The third-order valence-corrected chi connectivity index (χ3v) is 7.57. The van der Waals surface area contributed by atoms with Crippen LogP contribution >= 0.6 is 0 Å². The van der Waals surface area contributed by atoms with Crippen molar-refractivity contribution in [2.75, 3.05) is 0 Å². The molecular weight excluding hydrogens is 368 g/mol. The third-order valence-electron chi connectivity index (χ3n) is 7.57. The Morgan fingerprint density at radius 2 is 1.93 bits per heavy atom. The van der Waals surface area contributed by atoms with Crippen molar-refractivity contribution in [2.24, 2.45) is 22.7 Å². The fourth-order valence-corrected chi connectivity index (χ4v) is 6.31. The molecule has 1 aliphatic heterocycles. The standard InChI is InChI=1S/C24H36O5/c1-15-8-9-21-23(4,5)10-7-11-24(21,6)19(15)13-20-18(14-27-16(2)25)12-22(29-20)28-17(3)26/h14,19-22H,1,7-13H2,2-6H3/b18-14+/t19-,20+,21-,22+,24+/m0/s1. The van der Waals surface area contributed by atoms with E-state index in [-0.39, 0.29) is 23.5 Å². The smallest absolute Gasteiger partial charge is 0.307 e. The van der Waals surface area contributed by atoms with Crippen molar-refractivity contribution in [3.05, 3.63) is 24.0 Å². The van der Waals surface area contributed by atoms with Gasteiger partial charge in [-0.15, -0.1) is 0 Å². The van der Waals surface area contributed by atoms with Crippen LogP contribution in [0.15, 0.2) is 24.0 Å². The van der Waals surface area contributed by atoms with Crippen LogP contribution < -0.4 is 0 Å². The minimum Gasteiger partial charge on any atom is -0.436 e. The Morgan fingerprint density at radius 1 is 1.21 bits per heavy atom. The molecule has 5 atom stereocenters. The number of ether oxygens (including phenoxy) is 3. The van der Waals surface area contributed by atoms with Crippen LogP contribution in [0.25, 0.3) is 0 Å². The van der Waals surface area contributed by atoms with Crippen LogP contribution in [0.3, 0.4) is 0 Å². The van der Waals surface area contributed by atoms with E-state index in [9.17, 15) is 9.59 Å². The van der Waals surface area contributed by atoms with Crippen LogP contribution in [-0.2, 0) is 23.8 Å². The second-order valence-corrected chi connectivity index (χ2v) is 10.1. The Hall–Kier alpha value is -1.62. The number of esters is 2. The average molecular weight is 405 g/mol. The number of carbonyl (C=O) groups excluding carboxylic acids is 2. The van der Waals surface area contributed by atoms with E-state index in [1.165, 1.54) is 51.4 Å². The first-order valence-electron chi connectivity index (χ1n) is 10.9. The number of fused-ring (bicyclic) bond motifs is 1. The van der Waals surface area contributed by atoms with E-state index in [1.807, 2.05) is 0 Å². The van der Waals surface area contributed by atoms with Crippen molar-refractivity contribution in [1.29, 1.82) is 0 Å². The van der Waals surface area contributed by atoms with Crippen molar-refractivity contribution in [3.63, 3.8) is 0 Å². The van der Waals surface area contributed by atoms with Gasteiger partial charge in [0.05, 0.1) is 12.4 Å². The molecule has 2 aliphatic carbocycles. The second kappa shape index (κ2) is 8.25. The molecule has 0 aromatic heterocycles. The zero-order valence-corrected chi connectivity index (χ0v) is 18.6. The van der Waals surface area contributed by atoms with Crippen LogP contribution in [0.2, 0.25) is 0 Å². The molecule has 0 spiro atoms. The van der Waals surface area contributed by atoms with Crippen LogP contribution in [0.5, 0.6) is 0 Å². The maximum atomic E-state index is 11.4. The van der Waals surface area contributed by atoms with Gasteiger partial charge in [-0.25, -0.2) is 0 Å². The largest absolute Gasteiger partial charge is 0.436 e. The zero-order valence-electron chi connectivity index (χ0n) is 18.6. The van der Waals surface area contributed by atoms with Crippen LogP contribution in [-0.4, -0.2) is 24.3 Å². The summed E-state index contributed by atoms with van der Waals surface area (Å²) in [5, 5.41) is 0. The lowest BCUT2D eigenvalue weighted by Gasteiger charge is -2.58. The maximum absolute atomic E-state index is 11.4. The summed E-state index contributed by atoms with van der Waals surface area (Å²) in [6.45, 7) is 14.5. The van der Waals surface area contributed by atoms with Crippen LogP contribution in [0.1, 0.15) is 79.6 Å². The van der Waals surface area contributed by atoms with E-state index in [0.29, 0.717) is 23.7 Å². The molecule has 0 bridgehead atoms. The van der Waals surface area contributed by atoms with Crippen molar-refractivity contribution in [2.45, 2.75) is 92.0 Å². The van der Waals surface area contributed by atoms with Crippen molar-refractivity contribution < 1.29 is 23.8 Å². The Bertz CT molecular complexity index is 706. The summed E-state index contributed by atoms with van der Waals surface area (Å²) in [4.78, 5) is 22.7. The first kappa shape index (κ1) is 22.1. The number of carbonyl (C=O) groups is 2. The summed E-state index contributed by atoms with van der Waals surface area (Å²) < 4.78 is 16.5. The summed E-state index contributed by atoms with van der Waals surface area (Å²) in [6.07, 6.45) is 7.83. The number of allylic oxidation sites excluding steroid dienone is 1.